The van der Waals surface area contributed by atoms with Crippen molar-refractivity contribution in [3.8, 4) is 0 Å². The van der Waals surface area contributed by atoms with Crippen molar-refractivity contribution in [2.45, 2.75) is 18.6 Å². The molecule has 5 rings (SSSR count). The van der Waals surface area contributed by atoms with Gasteiger partial charge < -0.3 is 9.88 Å². The molecular formula is C18H14ClF3N8O. The van der Waals surface area contributed by atoms with E-state index in [9.17, 15) is 18.0 Å². The third-order valence-electron chi connectivity index (χ3n) is 5.13. The standard InChI is InChI=1S/C18H14ClF3N8O/c1-28-15(25-17(27-28)18(20,21)22)16(31)29-6-5-10-13(24-8-23-10)14(29)11-7-9-3-2-4-12(19)30(9)26-11/h2-4,7-8,14H,5-6H2,1H3,(H,23,24). The quantitative estimate of drug-likeness (QED) is 0.473. The smallest absolute Gasteiger partial charge is 0.348 e. The highest BCUT2D eigenvalue weighted by Crippen LogP contribution is 2.35. The topological polar surface area (TPSA) is 97.0 Å². The minimum atomic E-state index is -4.76. The number of pyridine rings is 1. The van der Waals surface area contributed by atoms with Gasteiger partial charge >= 0.3 is 6.18 Å². The lowest BCUT2D eigenvalue weighted by Crippen LogP contribution is -2.42. The van der Waals surface area contributed by atoms with Crippen molar-refractivity contribution in [1.82, 2.24) is 39.2 Å². The molecule has 31 heavy (non-hydrogen) atoms. The molecule has 1 N–H and O–H groups in total. The largest absolute Gasteiger partial charge is 0.453 e. The van der Waals surface area contributed by atoms with E-state index in [2.05, 4.69) is 25.1 Å². The molecule has 4 aromatic heterocycles. The number of aromatic nitrogens is 7. The zero-order chi connectivity index (χ0) is 21.9. The predicted octanol–water partition coefficient (Wildman–Crippen LogP) is 2.65. The Kier molecular flexibility index (Phi) is 4.29. The van der Waals surface area contributed by atoms with Crippen LogP contribution in [0.5, 0.6) is 0 Å². The molecule has 0 bridgehead atoms. The molecule has 0 saturated carbocycles. The number of amides is 1. The fraction of sp³-hybridized carbons (Fsp3) is 0.278. The van der Waals surface area contributed by atoms with Crippen LogP contribution in [0.25, 0.3) is 5.52 Å². The van der Waals surface area contributed by atoms with Gasteiger partial charge in [-0.2, -0.15) is 23.3 Å². The minimum Gasteiger partial charge on any atom is -0.348 e. The maximum atomic E-state index is 13.3. The van der Waals surface area contributed by atoms with Crippen molar-refractivity contribution in [2.24, 2.45) is 7.05 Å². The average Bonchev–Trinajstić information content (AvgIpc) is 3.44. The summed E-state index contributed by atoms with van der Waals surface area (Å²) in [5.41, 5.74) is 2.58. The number of H-pyrrole nitrogens is 1. The summed E-state index contributed by atoms with van der Waals surface area (Å²) in [6.45, 7) is 0.231. The molecule has 9 nitrogen and oxygen atoms in total. The lowest BCUT2D eigenvalue weighted by atomic mass is 9.99. The summed E-state index contributed by atoms with van der Waals surface area (Å²) in [4.78, 5) is 25.5. The minimum absolute atomic E-state index is 0.231. The van der Waals surface area contributed by atoms with Gasteiger partial charge in [0.25, 0.3) is 11.7 Å². The summed E-state index contributed by atoms with van der Waals surface area (Å²) in [6.07, 6.45) is -2.79. The maximum absolute atomic E-state index is 13.3. The number of fused-ring (bicyclic) bond motifs is 2. The molecule has 0 saturated heterocycles. The van der Waals surface area contributed by atoms with E-state index in [1.165, 1.54) is 22.8 Å². The first-order valence-corrected chi connectivity index (χ1v) is 9.57. The molecule has 0 aliphatic carbocycles. The van der Waals surface area contributed by atoms with Gasteiger partial charge in [-0.1, -0.05) is 17.7 Å². The van der Waals surface area contributed by atoms with Crippen LogP contribution in [0.15, 0.2) is 30.6 Å². The average molecular weight is 451 g/mol. The number of nitrogens with one attached hydrogen (secondary N) is 1. The van der Waals surface area contributed by atoms with Gasteiger partial charge in [0.1, 0.15) is 11.2 Å². The molecule has 1 unspecified atom stereocenters. The molecule has 1 aliphatic rings. The number of aromatic amines is 1. The Balaban J connectivity index is 1.61. The summed E-state index contributed by atoms with van der Waals surface area (Å²) < 4.78 is 41.5. The fourth-order valence-corrected chi connectivity index (χ4v) is 3.96. The molecule has 1 aliphatic heterocycles. The number of halogens is 4. The molecule has 4 aromatic rings. The molecule has 1 atom stereocenters. The van der Waals surface area contributed by atoms with E-state index >= 15 is 0 Å². The fourth-order valence-electron chi connectivity index (χ4n) is 3.75. The summed E-state index contributed by atoms with van der Waals surface area (Å²) in [7, 11) is 1.25. The molecule has 0 aromatic carbocycles. The molecule has 0 radical (unpaired) electrons. The van der Waals surface area contributed by atoms with Crippen LogP contribution in [-0.4, -0.2) is 51.7 Å². The molecule has 160 valence electrons. The number of aryl methyl sites for hydroxylation is 1. The second-order valence-corrected chi connectivity index (χ2v) is 7.44. The lowest BCUT2D eigenvalue weighted by molar-refractivity contribution is -0.144. The highest BCUT2D eigenvalue weighted by molar-refractivity contribution is 6.29. The maximum Gasteiger partial charge on any atom is 0.453 e. The number of hydrogen-bond donors (Lipinski definition) is 1. The van der Waals surface area contributed by atoms with Crippen molar-refractivity contribution in [1.29, 1.82) is 0 Å². The van der Waals surface area contributed by atoms with E-state index in [-0.39, 0.29) is 6.54 Å². The summed E-state index contributed by atoms with van der Waals surface area (Å²) in [6, 6.07) is 6.28. The number of nitrogens with zero attached hydrogens (tertiary/aromatic N) is 7. The second kappa shape index (κ2) is 6.80. The number of carbonyl (C=O) groups excluding carboxylic acids is 1. The summed E-state index contributed by atoms with van der Waals surface area (Å²) >= 11 is 6.22. The first-order valence-electron chi connectivity index (χ1n) is 9.19. The highest BCUT2D eigenvalue weighted by atomic mass is 35.5. The number of alkyl halides is 3. The van der Waals surface area contributed by atoms with Crippen molar-refractivity contribution in [3.05, 3.63) is 64.5 Å². The third kappa shape index (κ3) is 3.14. The van der Waals surface area contributed by atoms with E-state index in [0.717, 1.165) is 10.4 Å². The SMILES string of the molecule is Cn1nc(C(F)(F)F)nc1C(=O)N1CCc2[nH]cnc2C1c1cc2cccc(Cl)n2n1. The van der Waals surface area contributed by atoms with E-state index in [4.69, 9.17) is 11.6 Å². The number of carbonyl (C=O) groups is 1. The Hall–Kier alpha value is -3.41. The van der Waals surface area contributed by atoms with Crippen LogP contribution in [0.2, 0.25) is 5.15 Å². The lowest BCUT2D eigenvalue weighted by Gasteiger charge is -2.33. The van der Waals surface area contributed by atoms with Gasteiger partial charge in [0.15, 0.2) is 0 Å². The van der Waals surface area contributed by atoms with Crippen LogP contribution in [0, 0.1) is 0 Å². The molecule has 5 heterocycles. The normalized spacial score (nSPS) is 16.7. The van der Waals surface area contributed by atoms with Crippen molar-refractivity contribution >= 4 is 23.0 Å². The monoisotopic (exact) mass is 450 g/mol. The Bertz CT molecular complexity index is 1310. The Labute approximate surface area is 177 Å². The van der Waals surface area contributed by atoms with Gasteiger partial charge in [-0.15, -0.1) is 5.10 Å². The van der Waals surface area contributed by atoms with Gasteiger partial charge in [0, 0.05) is 25.7 Å². The first-order chi connectivity index (χ1) is 14.7. The molecule has 1 amide bonds. The van der Waals surface area contributed by atoms with Crippen LogP contribution in [0.1, 0.15) is 39.6 Å². The van der Waals surface area contributed by atoms with Gasteiger partial charge in [-0.25, -0.2) is 14.2 Å². The third-order valence-corrected chi connectivity index (χ3v) is 5.42. The Morgan fingerprint density at radius 3 is 2.81 bits per heavy atom. The molecule has 0 fully saturated rings. The predicted molar refractivity (Wildman–Crippen MR) is 101 cm³/mol. The van der Waals surface area contributed by atoms with Crippen LogP contribution in [-0.2, 0) is 19.6 Å². The molecule has 13 heteroatoms. The molecule has 0 spiro atoms. The summed E-state index contributed by atoms with van der Waals surface area (Å²) in [5, 5.41) is 8.25. The van der Waals surface area contributed by atoms with E-state index in [1.807, 2.05) is 0 Å². The number of hydrogen-bond acceptors (Lipinski definition) is 5. The zero-order valence-corrected chi connectivity index (χ0v) is 16.7. The number of imidazole rings is 1. The first kappa shape index (κ1) is 19.5. The number of rotatable bonds is 2. The van der Waals surface area contributed by atoms with Crippen LogP contribution >= 0.6 is 11.6 Å². The Morgan fingerprint density at radius 2 is 2.10 bits per heavy atom. The van der Waals surface area contributed by atoms with Crippen LogP contribution < -0.4 is 0 Å². The summed E-state index contributed by atoms with van der Waals surface area (Å²) in [5.74, 6) is -2.49. The van der Waals surface area contributed by atoms with Gasteiger partial charge in [-0.3, -0.25) is 4.79 Å². The van der Waals surface area contributed by atoms with Gasteiger partial charge in [-0.05, 0) is 18.2 Å². The van der Waals surface area contributed by atoms with Crippen molar-refractivity contribution < 1.29 is 18.0 Å². The molecular weight excluding hydrogens is 437 g/mol. The highest BCUT2D eigenvalue weighted by Gasteiger charge is 2.41. The van der Waals surface area contributed by atoms with Gasteiger partial charge in [0.05, 0.1) is 23.2 Å². The van der Waals surface area contributed by atoms with Crippen molar-refractivity contribution in [2.75, 3.05) is 6.54 Å². The van der Waals surface area contributed by atoms with E-state index in [1.54, 1.807) is 24.3 Å². The van der Waals surface area contributed by atoms with Gasteiger partial charge in [0.2, 0.25) is 5.82 Å². The van der Waals surface area contributed by atoms with E-state index < -0.39 is 29.8 Å². The second-order valence-electron chi connectivity index (χ2n) is 7.05. The zero-order valence-electron chi connectivity index (χ0n) is 15.9. The van der Waals surface area contributed by atoms with Crippen LogP contribution in [0.3, 0.4) is 0 Å². The van der Waals surface area contributed by atoms with E-state index in [0.29, 0.717) is 28.5 Å². The van der Waals surface area contributed by atoms with Crippen LogP contribution in [0.4, 0.5) is 13.2 Å². The van der Waals surface area contributed by atoms with Crippen molar-refractivity contribution in [3.63, 3.8) is 0 Å². The Morgan fingerprint density at radius 1 is 1.29 bits per heavy atom.